The Morgan fingerprint density at radius 2 is 2.21 bits per heavy atom. The number of rotatable bonds is 5. The fourth-order valence-electron chi connectivity index (χ4n) is 2.77. The molecule has 0 radical (unpaired) electrons. The van der Waals surface area contributed by atoms with E-state index in [0.29, 0.717) is 17.5 Å². The Morgan fingerprint density at radius 1 is 1.38 bits per heavy atom. The van der Waals surface area contributed by atoms with Crippen LogP contribution in [0.5, 0.6) is 0 Å². The quantitative estimate of drug-likeness (QED) is 0.850. The first kappa shape index (κ1) is 16.4. The zero-order valence-corrected chi connectivity index (χ0v) is 13.6. The predicted molar refractivity (Wildman–Crippen MR) is 88.7 cm³/mol. The molecule has 0 bridgehead atoms. The third-order valence-electron chi connectivity index (χ3n) is 3.95. The number of nitrogens with zero attached hydrogens (tertiary/aromatic N) is 1. The van der Waals surface area contributed by atoms with E-state index in [4.69, 9.17) is 9.47 Å². The van der Waals surface area contributed by atoms with E-state index in [1.165, 1.54) is 0 Å². The van der Waals surface area contributed by atoms with Crippen LogP contribution in [0.15, 0.2) is 30.3 Å². The number of ether oxygens (including phenoxy) is 2. The van der Waals surface area contributed by atoms with E-state index < -0.39 is 5.97 Å². The molecule has 2 aromatic rings. The van der Waals surface area contributed by atoms with E-state index in [-0.39, 0.29) is 18.6 Å². The molecule has 6 heteroatoms. The van der Waals surface area contributed by atoms with Crippen molar-refractivity contribution in [3.05, 3.63) is 41.6 Å². The molecule has 0 spiro atoms. The van der Waals surface area contributed by atoms with Gasteiger partial charge < -0.3 is 14.8 Å². The van der Waals surface area contributed by atoms with Crippen LogP contribution in [0, 0.1) is 6.92 Å². The second-order valence-corrected chi connectivity index (χ2v) is 5.84. The molecule has 1 aromatic heterocycles. The lowest BCUT2D eigenvalue weighted by atomic mass is 10.1. The van der Waals surface area contributed by atoms with Crippen LogP contribution in [0.4, 0.5) is 0 Å². The van der Waals surface area contributed by atoms with Gasteiger partial charge in [0.25, 0.3) is 5.91 Å². The summed E-state index contributed by atoms with van der Waals surface area (Å²) in [6.07, 6.45) is 2.03. The smallest absolute Gasteiger partial charge is 0.339 e. The van der Waals surface area contributed by atoms with Gasteiger partial charge in [-0.1, -0.05) is 18.2 Å². The van der Waals surface area contributed by atoms with Gasteiger partial charge in [-0.05, 0) is 31.9 Å². The predicted octanol–water partition coefficient (Wildman–Crippen LogP) is 2.00. The number of benzene rings is 1. The monoisotopic (exact) mass is 328 g/mol. The molecule has 1 atom stereocenters. The first-order valence-corrected chi connectivity index (χ1v) is 8.05. The number of nitrogens with one attached hydrogen (secondary N) is 1. The molecule has 24 heavy (non-hydrogen) atoms. The summed E-state index contributed by atoms with van der Waals surface area (Å²) >= 11 is 0. The van der Waals surface area contributed by atoms with Crippen LogP contribution in [0.25, 0.3) is 10.9 Å². The second kappa shape index (κ2) is 7.40. The van der Waals surface area contributed by atoms with E-state index in [1.54, 1.807) is 6.07 Å². The van der Waals surface area contributed by atoms with Crippen LogP contribution in [0.3, 0.4) is 0 Å². The van der Waals surface area contributed by atoms with Gasteiger partial charge in [0, 0.05) is 24.2 Å². The highest BCUT2D eigenvalue weighted by atomic mass is 16.5. The summed E-state index contributed by atoms with van der Waals surface area (Å²) in [6.45, 7) is 2.70. The van der Waals surface area contributed by atoms with Gasteiger partial charge in [0.15, 0.2) is 6.61 Å². The van der Waals surface area contributed by atoms with Crippen molar-refractivity contribution >= 4 is 22.8 Å². The molecule has 1 aromatic carbocycles. The van der Waals surface area contributed by atoms with Crippen molar-refractivity contribution in [2.45, 2.75) is 25.9 Å². The number of amides is 1. The number of hydrogen-bond acceptors (Lipinski definition) is 5. The third kappa shape index (κ3) is 3.89. The molecule has 1 N–H and O–H groups in total. The molecule has 0 unspecified atom stereocenters. The lowest BCUT2D eigenvalue weighted by Gasteiger charge is -2.11. The molecule has 6 nitrogen and oxygen atoms in total. The molecule has 3 rings (SSSR count). The zero-order chi connectivity index (χ0) is 16.9. The van der Waals surface area contributed by atoms with Crippen molar-refractivity contribution < 1.29 is 19.1 Å². The Kier molecular flexibility index (Phi) is 5.05. The van der Waals surface area contributed by atoms with E-state index >= 15 is 0 Å². The summed E-state index contributed by atoms with van der Waals surface area (Å²) in [5.41, 5.74) is 1.88. The molecular weight excluding hydrogens is 308 g/mol. The van der Waals surface area contributed by atoms with Gasteiger partial charge in [0.2, 0.25) is 0 Å². The van der Waals surface area contributed by atoms with Gasteiger partial charge >= 0.3 is 5.97 Å². The molecule has 0 saturated carbocycles. The highest BCUT2D eigenvalue weighted by Crippen LogP contribution is 2.19. The Balaban J connectivity index is 1.59. The summed E-state index contributed by atoms with van der Waals surface area (Å²) in [5, 5.41) is 3.44. The van der Waals surface area contributed by atoms with Gasteiger partial charge in [-0.3, -0.25) is 9.78 Å². The average Bonchev–Trinajstić information content (AvgIpc) is 3.10. The molecule has 1 fully saturated rings. The number of para-hydroxylation sites is 1. The summed E-state index contributed by atoms with van der Waals surface area (Å²) in [6, 6.07) is 9.03. The van der Waals surface area contributed by atoms with Crippen molar-refractivity contribution in [3.8, 4) is 0 Å². The van der Waals surface area contributed by atoms with Crippen molar-refractivity contribution in [2.24, 2.45) is 0 Å². The topological polar surface area (TPSA) is 77.5 Å². The highest BCUT2D eigenvalue weighted by Gasteiger charge is 2.18. The molecule has 126 valence electrons. The van der Waals surface area contributed by atoms with Crippen LogP contribution in [-0.2, 0) is 14.3 Å². The maximum atomic E-state index is 12.3. The Morgan fingerprint density at radius 3 is 3.00 bits per heavy atom. The zero-order valence-electron chi connectivity index (χ0n) is 13.6. The number of carbonyl (C=O) groups excluding carboxylic acids is 2. The fraction of sp³-hybridized carbons (Fsp3) is 0.389. The van der Waals surface area contributed by atoms with Gasteiger partial charge in [-0.25, -0.2) is 4.79 Å². The Bertz CT molecular complexity index is 754. The van der Waals surface area contributed by atoms with E-state index in [0.717, 1.165) is 30.7 Å². The molecule has 0 aliphatic carbocycles. The molecule has 1 aliphatic heterocycles. The van der Waals surface area contributed by atoms with Crippen molar-refractivity contribution in [3.63, 3.8) is 0 Å². The van der Waals surface area contributed by atoms with Crippen LogP contribution in [-0.4, -0.2) is 42.7 Å². The van der Waals surface area contributed by atoms with Crippen molar-refractivity contribution in [1.29, 1.82) is 0 Å². The number of hydrogen-bond donors (Lipinski definition) is 1. The SMILES string of the molecule is Cc1cc(C(=O)OCC(=O)NC[C@H]2CCCO2)c2ccccc2n1. The lowest BCUT2D eigenvalue weighted by molar-refractivity contribution is -0.124. The fourth-order valence-corrected chi connectivity index (χ4v) is 2.77. The largest absolute Gasteiger partial charge is 0.452 e. The molecule has 1 amide bonds. The lowest BCUT2D eigenvalue weighted by Crippen LogP contribution is -2.34. The van der Waals surface area contributed by atoms with Gasteiger partial charge in [-0.15, -0.1) is 0 Å². The maximum absolute atomic E-state index is 12.3. The molecule has 1 saturated heterocycles. The minimum absolute atomic E-state index is 0.0662. The Hall–Kier alpha value is -2.47. The van der Waals surface area contributed by atoms with E-state index in [9.17, 15) is 9.59 Å². The maximum Gasteiger partial charge on any atom is 0.339 e. The van der Waals surface area contributed by atoms with Gasteiger partial charge in [-0.2, -0.15) is 0 Å². The van der Waals surface area contributed by atoms with Crippen LogP contribution < -0.4 is 5.32 Å². The first-order valence-electron chi connectivity index (χ1n) is 8.05. The number of aryl methyl sites for hydroxylation is 1. The first-order chi connectivity index (χ1) is 11.6. The number of pyridine rings is 1. The normalized spacial score (nSPS) is 17.0. The highest BCUT2D eigenvalue weighted by molar-refractivity contribution is 6.04. The summed E-state index contributed by atoms with van der Waals surface area (Å²) < 4.78 is 10.6. The molecule has 1 aliphatic rings. The number of esters is 1. The number of aromatic nitrogens is 1. The number of carbonyl (C=O) groups is 2. The second-order valence-electron chi connectivity index (χ2n) is 5.84. The summed E-state index contributed by atoms with van der Waals surface area (Å²) in [7, 11) is 0. The summed E-state index contributed by atoms with van der Waals surface area (Å²) in [4.78, 5) is 28.5. The van der Waals surface area contributed by atoms with Gasteiger partial charge in [0.05, 0.1) is 17.2 Å². The van der Waals surface area contributed by atoms with Gasteiger partial charge in [0.1, 0.15) is 0 Å². The standard InChI is InChI=1S/C18H20N2O4/c1-12-9-15(14-6-2-3-7-16(14)20-12)18(22)24-11-17(21)19-10-13-5-4-8-23-13/h2-3,6-7,9,13H,4-5,8,10-11H2,1H3,(H,19,21)/t13-/m1/s1. The number of fused-ring (bicyclic) bond motifs is 1. The average molecular weight is 328 g/mol. The van der Waals surface area contributed by atoms with E-state index in [2.05, 4.69) is 10.3 Å². The van der Waals surface area contributed by atoms with Crippen molar-refractivity contribution in [2.75, 3.05) is 19.8 Å². The summed E-state index contributed by atoms with van der Waals surface area (Å²) in [5.74, 6) is -0.849. The molecule has 2 heterocycles. The Labute approximate surface area is 140 Å². The minimum Gasteiger partial charge on any atom is -0.452 e. The van der Waals surface area contributed by atoms with Crippen LogP contribution in [0.1, 0.15) is 28.9 Å². The van der Waals surface area contributed by atoms with E-state index in [1.807, 2.05) is 31.2 Å². The minimum atomic E-state index is -0.524. The van der Waals surface area contributed by atoms with Crippen molar-refractivity contribution in [1.82, 2.24) is 10.3 Å². The third-order valence-corrected chi connectivity index (χ3v) is 3.95. The van der Waals surface area contributed by atoms with Crippen LogP contribution >= 0.6 is 0 Å². The van der Waals surface area contributed by atoms with Crippen LogP contribution in [0.2, 0.25) is 0 Å². The molecular formula is C18H20N2O4.